The molecule has 1 fully saturated rings. The maximum absolute atomic E-state index is 13.1. The average molecular weight is 470 g/mol. The fraction of sp³-hybridized carbons (Fsp3) is 0.300. The number of hydrogen-bond donors (Lipinski definition) is 3. The standard InChI is InChI=1S/C20H23N9O3S/c1-4-20(14-8-6-5-7-9-14)16(31)29(18(32)22-20)26-15(30)11-33-19-24-23-17(27(19)21)28-13(3)10-12(2)25-28/h5-10H,4,11,21H2,1-3H3,(H,22,32)(H,26,30). The first-order valence-electron chi connectivity index (χ1n) is 10.2. The first-order valence-corrected chi connectivity index (χ1v) is 11.1. The molecule has 33 heavy (non-hydrogen) atoms. The van der Waals surface area contributed by atoms with Gasteiger partial charge >= 0.3 is 6.03 Å². The SMILES string of the molecule is CCC1(c2ccccc2)NC(=O)N(NC(=O)CSc2nnc(-n3nc(C)cc3C)n2N)C1=O. The lowest BCUT2D eigenvalue weighted by Gasteiger charge is -2.25. The summed E-state index contributed by atoms with van der Waals surface area (Å²) in [5.74, 6) is 5.11. The maximum atomic E-state index is 13.1. The van der Waals surface area contributed by atoms with E-state index in [1.165, 1.54) is 4.68 Å². The molecule has 1 atom stereocenters. The second kappa shape index (κ2) is 8.58. The number of carbonyl (C=O) groups excluding carboxylic acids is 3. The molecule has 1 aromatic carbocycles. The second-order valence-electron chi connectivity index (χ2n) is 7.51. The van der Waals surface area contributed by atoms with Gasteiger partial charge in [-0.25, -0.2) is 14.2 Å². The van der Waals surface area contributed by atoms with E-state index in [4.69, 9.17) is 5.84 Å². The minimum Gasteiger partial charge on any atom is -0.334 e. The lowest BCUT2D eigenvalue weighted by atomic mass is 9.87. The van der Waals surface area contributed by atoms with Crippen LogP contribution in [-0.4, -0.2) is 53.3 Å². The number of rotatable bonds is 7. The number of nitrogen functional groups attached to an aromatic ring is 1. The highest BCUT2D eigenvalue weighted by Gasteiger charge is 2.52. The molecular weight excluding hydrogens is 446 g/mol. The van der Waals surface area contributed by atoms with E-state index in [1.54, 1.807) is 35.9 Å². The van der Waals surface area contributed by atoms with E-state index in [0.717, 1.165) is 23.1 Å². The van der Waals surface area contributed by atoms with Crippen molar-refractivity contribution < 1.29 is 14.4 Å². The van der Waals surface area contributed by atoms with Crippen molar-refractivity contribution in [3.05, 3.63) is 53.3 Å². The van der Waals surface area contributed by atoms with Crippen molar-refractivity contribution in [1.82, 2.24) is 40.4 Å². The molecule has 3 heterocycles. The Kier molecular flexibility index (Phi) is 5.80. The van der Waals surface area contributed by atoms with Crippen molar-refractivity contribution in [3.63, 3.8) is 0 Å². The predicted octanol–water partition coefficient (Wildman–Crippen LogP) is 0.775. The number of urea groups is 1. The zero-order chi connectivity index (χ0) is 23.8. The van der Waals surface area contributed by atoms with Gasteiger partial charge in [0.25, 0.3) is 11.9 Å². The number of hydrogen-bond acceptors (Lipinski definition) is 8. The van der Waals surface area contributed by atoms with E-state index in [-0.39, 0.29) is 10.9 Å². The van der Waals surface area contributed by atoms with Crippen molar-refractivity contribution >= 4 is 29.6 Å². The van der Waals surface area contributed by atoms with Gasteiger partial charge in [0, 0.05) is 5.69 Å². The monoisotopic (exact) mass is 469 g/mol. The molecule has 4 N–H and O–H groups in total. The van der Waals surface area contributed by atoms with Crippen molar-refractivity contribution in [2.45, 2.75) is 37.9 Å². The summed E-state index contributed by atoms with van der Waals surface area (Å²) in [6, 6.07) is 10.1. The van der Waals surface area contributed by atoms with Crippen LogP contribution in [0.5, 0.6) is 0 Å². The summed E-state index contributed by atoms with van der Waals surface area (Å²) in [5.41, 5.74) is 3.42. The second-order valence-corrected chi connectivity index (χ2v) is 8.45. The van der Waals surface area contributed by atoms with Crippen LogP contribution < -0.4 is 16.6 Å². The van der Waals surface area contributed by atoms with E-state index in [9.17, 15) is 14.4 Å². The molecule has 1 aliphatic rings. The Morgan fingerprint density at radius 2 is 1.94 bits per heavy atom. The number of thioether (sulfide) groups is 1. The minimum atomic E-state index is -1.23. The molecule has 0 radical (unpaired) electrons. The van der Waals surface area contributed by atoms with E-state index in [0.29, 0.717) is 22.9 Å². The van der Waals surface area contributed by atoms with Gasteiger partial charge in [0.1, 0.15) is 5.54 Å². The largest absolute Gasteiger partial charge is 0.344 e. The first kappa shape index (κ1) is 22.3. The molecule has 0 spiro atoms. The summed E-state index contributed by atoms with van der Waals surface area (Å²) >= 11 is 1.01. The summed E-state index contributed by atoms with van der Waals surface area (Å²) in [7, 11) is 0. The van der Waals surface area contributed by atoms with Gasteiger partial charge in [0.05, 0.1) is 11.4 Å². The summed E-state index contributed by atoms with van der Waals surface area (Å²) in [6.07, 6.45) is 0.327. The fourth-order valence-corrected chi connectivity index (χ4v) is 4.31. The van der Waals surface area contributed by atoms with Crippen molar-refractivity contribution in [1.29, 1.82) is 0 Å². The van der Waals surface area contributed by atoms with Crippen LogP contribution in [0.4, 0.5) is 4.79 Å². The van der Waals surface area contributed by atoms with Gasteiger partial charge in [-0.05, 0) is 31.9 Å². The smallest absolute Gasteiger partial charge is 0.334 e. The number of nitrogens with two attached hydrogens (primary N) is 1. The Balaban J connectivity index is 1.43. The molecule has 4 rings (SSSR count). The normalized spacial score (nSPS) is 18.0. The van der Waals surface area contributed by atoms with Gasteiger partial charge in [-0.3, -0.25) is 15.0 Å². The van der Waals surface area contributed by atoms with Crippen LogP contribution in [0, 0.1) is 13.8 Å². The lowest BCUT2D eigenvalue weighted by Crippen LogP contribution is -2.49. The minimum absolute atomic E-state index is 0.145. The molecule has 0 aliphatic carbocycles. The molecule has 0 bridgehead atoms. The third kappa shape index (κ3) is 3.91. The number of imide groups is 1. The number of hydrazine groups is 1. The summed E-state index contributed by atoms with van der Waals surface area (Å²) < 4.78 is 2.77. The summed E-state index contributed by atoms with van der Waals surface area (Å²) in [4.78, 5) is 38.1. The molecule has 4 amide bonds. The average Bonchev–Trinajstić information content (AvgIpc) is 3.41. The third-order valence-corrected chi connectivity index (χ3v) is 6.25. The number of aromatic nitrogens is 5. The molecule has 1 saturated heterocycles. The molecule has 2 aromatic heterocycles. The van der Waals surface area contributed by atoms with Gasteiger partial charge < -0.3 is 11.2 Å². The van der Waals surface area contributed by atoms with Crippen molar-refractivity contribution in [2.24, 2.45) is 0 Å². The summed E-state index contributed by atoms with van der Waals surface area (Å²) in [5, 5.41) is 16.1. The molecule has 13 heteroatoms. The topological polar surface area (TPSA) is 153 Å². The van der Waals surface area contributed by atoms with E-state index in [2.05, 4.69) is 26.0 Å². The number of aryl methyl sites for hydroxylation is 2. The van der Waals surface area contributed by atoms with Gasteiger partial charge in [-0.15, -0.1) is 10.2 Å². The van der Waals surface area contributed by atoms with Crippen LogP contribution in [0.15, 0.2) is 41.6 Å². The molecule has 172 valence electrons. The van der Waals surface area contributed by atoms with Gasteiger partial charge in [0.15, 0.2) is 0 Å². The van der Waals surface area contributed by atoms with Crippen LogP contribution >= 0.6 is 11.8 Å². The molecular formula is C20H23N9O3S. The predicted molar refractivity (Wildman–Crippen MR) is 119 cm³/mol. The Bertz CT molecular complexity index is 1220. The molecule has 1 aliphatic heterocycles. The van der Waals surface area contributed by atoms with E-state index in [1.807, 2.05) is 26.0 Å². The Morgan fingerprint density at radius 3 is 2.58 bits per heavy atom. The van der Waals surface area contributed by atoms with Crippen molar-refractivity contribution in [2.75, 3.05) is 11.6 Å². The molecule has 1 unspecified atom stereocenters. The Labute approximate surface area is 193 Å². The van der Waals surface area contributed by atoms with Crippen LogP contribution in [0.25, 0.3) is 5.95 Å². The number of carbonyl (C=O) groups is 3. The van der Waals surface area contributed by atoms with Crippen LogP contribution in [0.2, 0.25) is 0 Å². The quantitative estimate of drug-likeness (QED) is 0.261. The highest BCUT2D eigenvalue weighted by molar-refractivity contribution is 7.99. The van der Waals surface area contributed by atoms with Gasteiger partial charge in [0.2, 0.25) is 11.1 Å². The number of benzene rings is 1. The van der Waals surface area contributed by atoms with Crippen LogP contribution in [0.3, 0.4) is 0 Å². The Morgan fingerprint density at radius 1 is 1.21 bits per heavy atom. The lowest BCUT2D eigenvalue weighted by molar-refractivity contribution is -0.138. The summed E-state index contributed by atoms with van der Waals surface area (Å²) in [6.45, 7) is 5.50. The number of amides is 4. The molecule has 12 nitrogen and oxygen atoms in total. The third-order valence-electron chi connectivity index (χ3n) is 5.30. The van der Waals surface area contributed by atoms with Gasteiger partial charge in [-0.2, -0.15) is 10.1 Å². The van der Waals surface area contributed by atoms with E-state index < -0.39 is 23.4 Å². The highest BCUT2D eigenvalue weighted by atomic mass is 32.2. The zero-order valence-corrected chi connectivity index (χ0v) is 19.1. The fourth-order valence-electron chi connectivity index (χ4n) is 3.67. The number of nitrogens with one attached hydrogen (secondary N) is 2. The zero-order valence-electron chi connectivity index (χ0n) is 18.3. The molecule has 0 saturated carbocycles. The Hall–Kier alpha value is -3.87. The van der Waals surface area contributed by atoms with Crippen LogP contribution in [0.1, 0.15) is 30.3 Å². The maximum Gasteiger partial charge on any atom is 0.344 e. The van der Waals surface area contributed by atoms with Crippen molar-refractivity contribution in [3.8, 4) is 5.95 Å². The van der Waals surface area contributed by atoms with Crippen LogP contribution in [-0.2, 0) is 15.1 Å². The first-order chi connectivity index (χ1) is 15.8. The number of nitrogens with zero attached hydrogens (tertiary/aromatic N) is 6. The van der Waals surface area contributed by atoms with Gasteiger partial charge in [-0.1, -0.05) is 49.0 Å². The van der Waals surface area contributed by atoms with E-state index >= 15 is 0 Å². The highest BCUT2D eigenvalue weighted by Crippen LogP contribution is 2.31. The molecule has 3 aromatic rings.